The van der Waals surface area contributed by atoms with Crippen LogP contribution in [0.5, 0.6) is 0 Å². The van der Waals surface area contributed by atoms with Crippen molar-refractivity contribution >= 4 is 22.1 Å². The summed E-state index contributed by atoms with van der Waals surface area (Å²) in [6.45, 7) is 3.76. The van der Waals surface area contributed by atoms with Gasteiger partial charge in [0, 0.05) is 33.7 Å². The van der Waals surface area contributed by atoms with E-state index in [-0.39, 0.29) is 5.54 Å². The first-order valence-corrected chi connectivity index (χ1v) is 6.36. The van der Waals surface area contributed by atoms with Crippen molar-refractivity contribution < 1.29 is 4.21 Å². The third kappa shape index (κ3) is 4.50. The second-order valence-corrected chi connectivity index (χ2v) is 6.08. The van der Waals surface area contributed by atoms with Gasteiger partial charge in [0.2, 0.25) is 0 Å². The Balaban J connectivity index is 2.43. The highest BCUT2D eigenvalue weighted by Gasteiger charge is 2.15. The van der Waals surface area contributed by atoms with Gasteiger partial charge in [0.25, 0.3) is 0 Å². The van der Waals surface area contributed by atoms with Gasteiger partial charge >= 0.3 is 0 Å². The van der Waals surface area contributed by atoms with Gasteiger partial charge < -0.3 is 5.73 Å². The van der Waals surface area contributed by atoms with Gasteiger partial charge in [-0.25, -0.2) is 4.98 Å². The maximum atomic E-state index is 11.5. The average molecular weight is 218 g/mol. The number of aromatic nitrogens is 1. The van der Waals surface area contributed by atoms with Gasteiger partial charge in [-0.3, -0.25) is 4.21 Å². The van der Waals surface area contributed by atoms with Crippen LogP contribution in [0, 0.1) is 0 Å². The van der Waals surface area contributed by atoms with Gasteiger partial charge in [-0.2, -0.15) is 0 Å². The van der Waals surface area contributed by atoms with Crippen molar-refractivity contribution in [3.63, 3.8) is 0 Å². The molecule has 0 fully saturated rings. The number of hydrogen-bond donors (Lipinski definition) is 1. The fourth-order valence-corrected chi connectivity index (χ4v) is 3.28. The van der Waals surface area contributed by atoms with E-state index >= 15 is 0 Å². The first kappa shape index (κ1) is 10.8. The lowest BCUT2D eigenvalue weighted by molar-refractivity contribution is 0.577. The summed E-state index contributed by atoms with van der Waals surface area (Å²) >= 11 is 1.53. The number of nitrogens with two attached hydrogens (primary N) is 1. The van der Waals surface area contributed by atoms with Crippen molar-refractivity contribution in [1.29, 1.82) is 0 Å². The molecule has 1 unspecified atom stereocenters. The second-order valence-electron chi connectivity index (χ2n) is 3.64. The minimum Gasteiger partial charge on any atom is -0.325 e. The third-order valence-corrected chi connectivity index (χ3v) is 3.92. The predicted octanol–water partition coefficient (Wildman–Crippen LogP) is 1.13. The molecule has 1 rings (SSSR count). The topological polar surface area (TPSA) is 56.0 Å². The van der Waals surface area contributed by atoms with Crippen molar-refractivity contribution in [2.75, 3.05) is 5.75 Å². The zero-order valence-corrected chi connectivity index (χ0v) is 9.45. The lowest BCUT2D eigenvalue weighted by Gasteiger charge is -2.16. The maximum absolute atomic E-state index is 11.5. The molecule has 5 heteroatoms. The molecule has 3 nitrogen and oxygen atoms in total. The zero-order valence-electron chi connectivity index (χ0n) is 7.82. The summed E-state index contributed by atoms with van der Waals surface area (Å²) in [6, 6.07) is 0. The largest absolute Gasteiger partial charge is 0.325 e. The normalized spacial score (nSPS) is 14.4. The minimum atomic E-state index is -0.896. The Hall–Kier alpha value is -0.260. The molecule has 0 aromatic carbocycles. The molecular formula is C8H14N2OS2. The summed E-state index contributed by atoms with van der Waals surface area (Å²) in [5, 5.41) is 2.81. The van der Waals surface area contributed by atoms with E-state index in [1.54, 1.807) is 6.20 Å². The van der Waals surface area contributed by atoms with Crippen LogP contribution in [-0.4, -0.2) is 20.5 Å². The Bertz CT molecular complexity index is 277. The molecule has 13 heavy (non-hydrogen) atoms. The smallest absolute Gasteiger partial charge is 0.105 e. The van der Waals surface area contributed by atoms with Crippen LogP contribution < -0.4 is 5.73 Å². The Morgan fingerprint density at radius 3 is 2.85 bits per heavy atom. The molecule has 1 aromatic heterocycles. The molecule has 2 N–H and O–H groups in total. The highest BCUT2D eigenvalue weighted by atomic mass is 32.2. The zero-order chi connectivity index (χ0) is 9.90. The summed E-state index contributed by atoms with van der Waals surface area (Å²) in [7, 11) is -0.896. The quantitative estimate of drug-likeness (QED) is 0.824. The van der Waals surface area contributed by atoms with Crippen molar-refractivity contribution in [2.24, 2.45) is 5.73 Å². The van der Waals surface area contributed by atoms with Gasteiger partial charge in [0.15, 0.2) is 0 Å². The second kappa shape index (κ2) is 4.30. The molecule has 0 saturated carbocycles. The van der Waals surface area contributed by atoms with Crippen LogP contribution in [0.4, 0.5) is 0 Å². The molecule has 1 aromatic rings. The van der Waals surface area contributed by atoms with Crippen LogP contribution in [0.25, 0.3) is 0 Å². The van der Waals surface area contributed by atoms with E-state index in [2.05, 4.69) is 4.98 Å². The van der Waals surface area contributed by atoms with Gasteiger partial charge in [0.1, 0.15) is 5.01 Å². The number of hydrogen-bond acceptors (Lipinski definition) is 4. The Morgan fingerprint density at radius 2 is 2.38 bits per heavy atom. The lowest BCUT2D eigenvalue weighted by Crippen LogP contribution is -2.38. The Labute approximate surface area is 84.8 Å². The van der Waals surface area contributed by atoms with Crippen molar-refractivity contribution in [3.8, 4) is 0 Å². The highest BCUT2D eigenvalue weighted by Crippen LogP contribution is 2.09. The van der Waals surface area contributed by atoms with Gasteiger partial charge in [-0.15, -0.1) is 11.3 Å². The van der Waals surface area contributed by atoms with E-state index in [9.17, 15) is 4.21 Å². The predicted molar refractivity (Wildman–Crippen MR) is 57.1 cm³/mol. The van der Waals surface area contributed by atoms with Crippen molar-refractivity contribution in [1.82, 2.24) is 4.98 Å². The molecular weight excluding hydrogens is 204 g/mol. The first-order valence-electron chi connectivity index (χ1n) is 3.99. The van der Waals surface area contributed by atoms with E-state index in [4.69, 9.17) is 5.73 Å². The molecule has 0 saturated heterocycles. The molecule has 1 atom stereocenters. The summed E-state index contributed by atoms with van der Waals surface area (Å²) < 4.78 is 11.5. The van der Waals surface area contributed by atoms with Gasteiger partial charge in [0.05, 0.1) is 5.75 Å². The van der Waals surface area contributed by atoms with Crippen LogP contribution >= 0.6 is 11.3 Å². The van der Waals surface area contributed by atoms with Crippen LogP contribution in [0.15, 0.2) is 11.6 Å². The first-order chi connectivity index (χ1) is 5.97. The number of rotatable bonds is 4. The van der Waals surface area contributed by atoms with Gasteiger partial charge in [-0.1, -0.05) is 0 Å². The van der Waals surface area contributed by atoms with Crippen LogP contribution in [0.2, 0.25) is 0 Å². The van der Waals surface area contributed by atoms with Crippen molar-refractivity contribution in [2.45, 2.75) is 25.1 Å². The molecule has 0 aliphatic rings. The van der Waals surface area contributed by atoms with Crippen LogP contribution in [-0.2, 0) is 16.6 Å². The summed E-state index contributed by atoms with van der Waals surface area (Å²) in [5.41, 5.74) is 5.40. The van der Waals surface area contributed by atoms with E-state index in [0.717, 1.165) is 5.01 Å². The van der Waals surface area contributed by atoms with Gasteiger partial charge in [-0.05, 0) is 13.8 Å². The van der Waals surface area contributed by atoms with Crippen molar-refractivity contribution in [3.05, 3.63) is 16.6 Å². The minimum absolute atomic E-state index is 0.359. The summed E-state index contributed by atoms with van der Waals surface area (Å²) in [4.78, 5) is 4.07. The molecule has 0 bridgehead atoms. The fourth-order valence-electron chi connectivity index (χ4n) is 0.928. The fraction of sp³-hybridized carbons (Fsp3) is 0.625. The van der Waals surface area contributed by atoms with E-state index in [1.807, 2.05) is 19.2 Å². The molecule has 0 radical (unpaired) electrons. The van der Waals surface area contributed by atoms with Crippen LogP contribution in [0.3, 0.4) is 0 Å². The molecule has 0 aliphatic heterocycles. The number of thiazole rings is 1. The monoisotopic (exact) mass is 218 g/mol. The molecule has 1 heterocycles. The SMILES string of the molecule is CC(C)(N)CS(=O)Cc1nccs1. The average Bonchev–Trinajstić information content (AvgIpc) is 2.34. The maximum Gasteiger partial charge on any atom is 0.105 e. The third-order valence-electron chi connectivity index (χ3n) is 1.30. The lowest BCUT2D eigenvalue weighted by atomic mass is 10.1. The number of nitrogens with zero attached hydrogens (tertiary/aromatic N) is 1. The molecule has 0 aliphatic carbocycles. The van der Waals surface area contributed by atoms with E-state index < -0.39 is 10.8 Å². The molecule has 0 amide bonds. The Kier molecular flexibility index (Phi) is 3.58. The summed E-state index contributed by atoms with van der Waals surface area (Å²) in [5.74, 6) is 1.05. The molecule has 74 valence electrons. The molecule has 0 spiro atoms. The van der Waals surface area contributed by atoms with E-state index in [0.29, 0.717) is 11.5 Å². The summed E-state index contributed by atoms with van der Waals surface area (Å²) in [6.07, 6.45) is 1.73. The van der Waals surface area contributed by atoms with Crippen LogP contribution in [0.1, 0.15) is 18.9 Å². The standard InChI is InChI=1S/C8H14N2OS2/c1-8(2,9)6-13(11)5-7-10-3-4-12-7/h3-4H,5-6,9H2,1-2H3. The highest BCUT2D eigenvalue weighted by molar-refractivity contribution is 7.84. The Morgan fingerprint density at radius 1 is 1.69 bits per heavy atom. The van der Waals surface area contributed by atoms with E-state index in [1.165, 1.54) is 11.3 Å².